The van der Waals surface area contributed by atoms with Crippen LogP contribution in [0.5, 0.6) is 0 Å². The van der Waals surface area contributed by atoms with E-state index in [1.807, 2.05) is 0 Å². The lowest BCUT2D eigenvalue weighted by molar-refractivity contribution is -0.137. The summed E-state index contributed by atoms with van der Waals surface area (Å²) < 4.78 is 12.4. The Morgan fingerprint density at radius 1 is 1.43 bits per heavy atom. The van der Waals surface area contributed by atoms with E-state index < -0.39 is 10.7 Å². The lowest BCUT2D eigenvalue weighted by atomic mass is 10.3. The fraction of sp³-hybridized carbons (Fsp3) is 0.300. The van der Waals surface area contributed by atoms with E-state index in [0.717, 1.165) is 11.8 Å². The van der Waals surface area contributed by atoms with Crippen molar-refractivity contribution in [3.8, 4) is 0 Å². The van der Waals surface area contributed by atoms with Crippen molar-refractivity contribution in [2.45, 2.75) is 22.5 Å². The molecule has 0 radical (unpaired) electrons. The minimum Gasteiger partial charge on any atom is -0.480 e. The van der Waals surface area contributed by atoms with Gasteiger partial charge in [-0.25, -0.2) is 4.39 Å². The molecule has 2 nitrogen and oxygen atoms in total. The largest absolute Gasteiger partial charge is 0.480 e. The Balaban J connectivity index is 2.19. The van der Waals surface area contributed by atoms with Crippen LogP contribution in [0.15, 0.2) is 29.2 Å². The summed E-state index contributed by atoms with van der Waals surface area (Å²) in [4.78, 5) is 11.3. The summed E-state index contributed by atoms with van der Waals surface area (Å²) in [5.41, 5.74) is 0. The molecule has 1 fully saturated rings. The molecule has 2 rings (SSSR count). The van der Waals surface area contributed by atoms with Crippen LogP contribution in [0.4, 0.5) is 4.39 Å². The van der Waals surface area contributed by atoms with Gasteiger partial charge in [-0.3, -0.25) is 4.79 Å². The number of carboxylic acid groups (broad SMARTS) is 1. The summed E-state index contributed by atoms with van der Waals surface area (Å²) >= 11 is 1.12. The molecule has 4 heteroatoms. The highest BCUT2D eigenvalue weighted by atomic mass is 32.2. The Kier molecular flexibility index (Phi) is 2.23. The SMILES string of the molecule is O=C(O)C1(Sc2ccccc2F)CC1. The van der Waals surface area contributed by atoms with Crippen LogP contribution in [0, 0.1) is 5.82 Å². The van der Waals surface area contributed by atoms with Crippen molar-refractivity contribution in [1.82, 2.24) is 0 Å². The molecule has 1 saturated carbocycles. The summed E-state index contributed by atoms with van der Waals surface area (Å²) in [7, 11) is 0. The van der Waals surface area contributed by atoms with Gasteiger partial charge in [0, 0.05) is 4.90 Å². The molecule has 74 valence electrons. The number of benzene rings is 1. The van der Waals surface area contributed by atoms with Gasteiger partial charge in [-0.05, 0) is 25.0 Å². The van der Waals surface area contributed by atoms with Gasteiger partial charge in [0.25, 0.3) is 0 Å². The van der Waals surface area contributed by atoms with E-state index in [4.69, 9.17) is 5.11 Å². The smallest absolute Gasteiger partial charge is 0.320 e. The van der Waals surface area contributed by atoms with E-state index in [1.165, 1.54) is 6.07 Å². The Hall–Kier alpha value is -1.03. The van der Waals surface area contributed by atoms with Crippen LogP contribution in [-0.4, -0.2) is 15.8 Å². The Bertz CT molecular complexity index is 374. The number of thioether (sulfide) groups is 1. The highest BCUT2D eigenvalue weighted by Crippen LogP contribution is 2.52. The minimum atomic E-state index is -0.842. The molecule has 0 aromatic heterocycles. The van der Waals surface area contributed by atoms with Crippen LogP contribution in [0.2, 0.25) is 0 Å². The first-order chi connectivity index (χ1) is 6.64. The van der Waals surface area contributed by atoms with Crippen molar-refractivity contribution in [3.63, 3.8) is 0 Å². The molecule has 0 atom stereocenters. The van der Waals surface area contributed by atoms with E-state index >= 15 is 0 Å². The van der Waals surface area contributed by atoms with E-state index in [2.05, 4.69) is 0 Å². The van der Waals surface area contributed by atoms with E-state index in [0.29, 0.717) is 17.7 Å². The standard InChI is InChI=1S/C10H9FO2S/c11-7-3-1-2-4-8(7)14-10(5-6-10)9(12)13/h1-4H,5-6H2,(H,12,13). The van der Waals surface area contributed by atoms with Gasteiger partial charge < -0.3 is 5.11 Å². The zero-order valence-electron chi connectivity index (χ0n) is 7.37. The van der Waals surface area contributed by atoms with Crippen LogP contribution in [-0.2, 0) is 4.79 Å². The van der Waals surface area contributed by atoms with Gasteiger partial charge in [-0.1, -0.05) is 12.1 Å². The topological polar surface area (TPSA) is 37.3 Å². The third-order valence-corrected chi connectivity index (χ3v) is 3.76. The van der Waals surface area contributed by atoms with E-state index in [1.54, 1.807) is 18.2 Å². The maximum absolute atomic E-state index is 13.2. The molecule has 0 aliphatic heterocycles. The first kappa shape index (κ1) is 9.52. The molecule has 1 aromatic carbocycles. The summed E-state index contributed by atoms with van der Waals surface area (Å²) in [5, 5.41) is 8.91. The number of carbonyl (C=O) groups is 1. The number of aliphatic carboxylic acids is 1. The number of hydrogen-bond acceptors (Lipinski definition) is 2. The molecule has 1 aliphatic carbocycles. The summed E-state index contributed by atoms with van der Waals surface area (Å²) in [6, 6.07) is 6.27. The van der Waals surface area contributed by atoms with Gasteiger partial charge in [0.2, 0.25) is 0 Å². The van der Waals surface area contributed by atoms with E-state index in [9.17, 15) is 9.18 Å². The van der Waals surface area contributed by atoms with Gasteiger partial charge in [0.1, 0.15) is 10.6 Å². The zero-order chi connectivity index (χ0) is 10.2. The second kappa shape index (κ2) is 3.28. The second-order valence-electron chi connectivity index (χ2n) is 3.33. The quantitative estimate of drug-likeness (QED) is 0.836. The summed E-state index contributed by atoms with van der Waals surface area (Å²) in [5.74, 6) is -1.18. The second-order valence-corrected chi connectivity index (χ2v) is 4.76. The first-order valence-corrected chi connectivity index (χ1v) is 5.13. The Labute approximate surface area is 85.1 Å². The number of halogens is 1. The number of hydrogen-bond donors (Lipinski definition) is 1. The summed E-state index contributed by atoms with van der Waals surface area (Å²) in [6.07, 6.45) is 1.25. The van der Waals surface area contributed by atoms with Gasteiger partial charge in [-0.15, -0.1) is 11.8 Å². The van der Waals surface area contributed by atoms with Gasteiger partial charge in [-0.2, -0.15) is 0 Å². The highest BCUT2D eigenvalue weighted by Gasteiger charge is 2.51. The maximum Gasteiger partial charge on any atom is 0.320 e. The molecular formula is C10H9FO2S. The van der Waals surface area contributed by atoms with Crippen LogP contribution in [0.1, 0.15) is 12.8 Å². The molecule has 0 unspecified atom stereocenters. The fourth-order valence-corrected chi connectivity index (χ4v) is 2.34. The van der Waals surface area contributed by atoms with Crippen molar-refractivity contribution >= 4 is 17.7 Å². The molecule has 0 bridgehead atoms. The molecule has 0 spiro atoms. The monoisotopic (exact) mass is 212 g/mol. The van der Waals surface area contributed by atoms with Gasteiger partial charge in [0.15, 0.2) is 0 Å². The Morgan fingerprint density at radius 2 is 2.07 bits per heavy atom. The van der Waals surface area contributed by atoms with Gasteiger partial charge >= 0.3 is 5.97 Å². The van der Waals surface area contributed by atoms with Crippen molar-refractivity contribution in [1.29, 1.82) is 0 Å². The zero-order valence-corrected chi connectivity index (χ0v) is 8.18. The number of carboxylic acids is 1. The van der Waals surface area contributed by atoms with Crippen molar-refractivity contribution < 1.29 is 14.3 Å². The van der Waals surface area contributed by atoms with Crippen molar-refractivity contribution in [2.24, 2.45) is 0 Å². The highest BCUT2D eigenvalue weighted by molar-refractivity contribution is 8.01. The normalized spacial score (nSPS) is 17.8. The molecule has 1 N–H and O–H groups in total. The summed E-state index contributed by atoms with van der Waals surface area (Å²) in [6.45, 7) is 0. The molecule has 14 heavy (non-hydrogen) atoms. The lowest BCUT2D eigenvalue weighted by Gasteiger charge is -2.09. The molecule has 1 aliphatic rings. The molecule has 0 heterocycles. The average Bonchev–Trinajstić information content (AvgIpc) is 2.90. The van der Waals surface area contributed by atoms with Crippen molar-refractivity contribution in [3.05, 3.63) is 30.1 Å². The Morgan fingerprint density at radius 3 is 2.57 bits per heavy atom. The maximum atomic E-state index is 13.2. The molecule has 0 amide bonds. The third-order valence-electron chi connectivity index (χ3n) is 2.24. The van der Waals surface area contributed by atoms with Crippen LogP contribution < -0.4 is 0 Å². The lowest BCUT2D eigenvalue weighted by Crippen LogP contribution is -2.17. The van der Waals surface area contributed by atoms with Gasteiger partial charge in [0.05, 0.1) is 0 Å². The van der Waals surface area contributed by atoms with Crippen LogP contribution in [0.3, 0.4) is 0 Å². The van der Waals surface area contributed by atoms with Crippen LogP contribution >= 0.6 is 11.8 Å². The van der Waals surface area contributed by atoms with Crippen molar-refractivity contribution in [2.75, 3.05) is 0 Å². The van der Waals surface area contributed by atoms with E-state index in [-0.39, 0.29) is 5.82 Å². The fourth-order valence-electron chi connectivity index (χ4n) is 1.21. The first-order valence-electron chi connectivity index (χ1n) is 4.31. The van der Waals surface area contributed by atoms with Crippen LogP contribution in [0.25, 0.3) is 0 Å². The third kappa shape index (κ3) is 1.62. The molecule has 0 saturated heterocycles. The molecular weight excluding hydrogens is 203 g/mol. The minimum absolute atomic E-state index is 0.343. The molecule has 1 aromatic rings. The average molecular weight is 212 g/mol. The number of rotatable bonds is 3. The predicted octanol–water partition coefficient (Wildman–Crippen LogP) is 2.54. The predicted molar refractivity (Wildman–Crippen MR) is 51.9 cm³/mol.